The van der Waals surface area contributed by atoms with E-state index in [-0.39, 0.29) is 0 Å². The first kappa shape index (κ1) is 13.4. The summed E-state index contributed by atoms with van der Waals surface area (Å²) in [6.07, 6.45) is 10.8. The third-order valence-corrected chi connectivity index (χ3v) is 3.59. The first-order valence-electron chi connectivity index (χ1n) is 7.17. The number of hydrogen-bond donors (Lipinski definition) is 0. The molecule has 0 radical (unpaired) electrons. The number of rotatable bonds is 2. The first-order chi connectivity index (χ1) is 10.3. The second kappa shape index (κ2) is 5.84. The molecule has 0 saturated heterocycles. The molecule has 0 atom stereocenters. The zero-order valence-corrected chi connectivity index (χ0v) is 12.5. The molecule has 0 saturated carbocycles. The summed E-state index contributed by atoms with van der Waals surface area (Å²) in [4.78, 5) is 2.05. The van der Waals surface area contributed by atoms with Gasteiger partial charge in [-0.3, -0.25) is 0 Å². The summed E-state index contributed by atoms with van der Waals surface area (Å²) < 4.78 is 0. The SMILES string of the molecule is CN(C)C=CC=C1c2ccccc2C=Cc2ccccc21. The second-order valence-corrected chi connectivity index (χ2v) is 5.39. The smallest absolute Gasteiger partial charge is 0.00556 e. The van der Waals surface area contributed by atoms with Gasteiger partial charge in [0.05, 0.1) is 0 Å². The van der Waals surface area contributed by atoms with Crippen LogP contribution in [0.4, 0.5) is 0 Å². The van der Waals surface area contributed by atoms with E-state index in [1.54, 1.807) is 0 Å². The molecule has 0 aromatic heterocycles. The fraction of sp³-hybridized carbons (Fsp3) is 0.100. The summed E-state index contributed by atoms with van der Waals surface area (Å²) in [5, 5.41) is 0. The van der Waals surface area contributed by atoms with Crippen molar-refractivity contribution in [2.45, 2.75) is 0 Å². The van der Waals surface area contributed by atoms with Gasteiger partial charge in [-0.05, 0) is 40.1 Å². The van der Waals surface area contributed by atoms with Gasteiger partial charge in [-0.2, -0.15) is 0 Å². The van der Waals surface area contributed by atoms with E-state index in [0.29, 0.717) is 0 Å². The topological polar surface area (TPSA) is 3.24 Å². The Morgan fingerprint density at radius 2 is 1.29 bits per heavy atom. The summed E-state index contributed by atoms with van der Waals surface area (Å²) in [5.74, 6) is 0. The maximum absolute atomic E-state index is 2.20. The van der Waals surface area contributed by atoms with Crippen LogP contribution in [0, 0.1) is 0 Å². The van der Waals surface area contributed by atoms with Gasteiger partial charge in [0.15, 0.2) is 0 Å². The Bertz CT molecular complexity index is 682. The lowest BCUT2D eigenvalue weighted by atomic mass is 9.93. The summed E-state index contributed by atoms with van der Waals surface area (Å²) >= 11 is 0. The molecule has 1 nitrogen and oxygen atoms in total. The maximum Gasteiger partial charge on any atom is 0.00556 e. The van der Waals surface area contributed by atoms with Crippen molar-refractivity contribution in [1.82, 2.24) is 4.90 Å². The van der Waals surface area contributed by atoms with Crippen molar-refractivity contribution < 1.29 is 0 Å². The molecule has 0 aliphatic heterocycles. The number of fused-ring (bicyclic) bond motifs is 2. The minimum Gasteiger partial charge on any atom is -0.383 e. The van der Waals surface area contributed by atoms with Crippen LogP contribution in [0.3, 0.4) is 0 Å². The van der Waals surface area contributed by atoms with Crippen LogP contribution >= 0.6 is 0 Å². The van der Waals surface area contributed by atoms with E-state index < -0.39 is 0 Å². The quantitative estimate of drug-likeness (QED) is 0.655. The van der Waals surface area contributed by atoms with E-state index in [2.05, 4.69) is 79.0 Å². The van der Waals surface area contributed by atoms with Crippen LogP contribution in [-0.2, 0) is 0 Å². The van der Waals surface area contributed by atoms with Gasteiger partial charge in [0, 0.05) is 14.1 Å². The van der Waals surface area contributed by atoms with Gasteiger partial charge in [-0.15, -0.1) is 0 Å². The van der Waals surface area contributed by atoms with Crippen LogP contribution < -0.4 is 0 Å². The van der Waals surface area contributed by atoms with Crippen molar-refractivity contribution in [2.24, 2.45) is 0 Å². The predicted molar refractivity (Wildman–Crippen MR) is 91.7 cm³/mol. The van der Waals surface area contributed by atoms with Crippen LogP contribution in [0.25, 0.3) is 17.7 Å². The molecule has 2 aromatic carbocycles. The highest BCUT2D eigenvalue weighted by Gasteiger charge is 2.13. The first-order valence-corrected chi connectivity index (χ1v) is 7.17. The standard InChI is InChI=1S/C20H19N/c1-21(2)15-7-12-20-18-10-5-3-8-16(18)13-14-17-9-4-6-11-19(17)20/h3-15H,1-2H3. The summed E-state index contributed by atoms with van der Waals surface area (Å²) in [6.45, 7) is 0. The summed E-state index contributed by atoms with van der Waals surface area (Å²) in [6, 6.07) is 17.1. The molecule has 0 N–H and O–H groups in total. The molecule has 2 aromatic rings. The van der Waals surface area contributed by atoms with Crippen molar-refractivity contribution in [3.8, 4) is 0 Å². The van der Waals surface area contributed by atoms with E-state index in [9.17, 15) is 0 Å². The Morgan fingerprint density at radius 3 is 1.81 bits per heavy atom. The fourth-order valence-corrected chi connectivity index (χ4v) is 2.59. The molecule has 1 heteroatoms. The molecular formula is C20H19N. The molecule has 104 valence electrons. The minimum atomic E-state index is 1.26. The third kappa shape index (κ3) is 2.82. The minimum absolute atomic E-state index is 1.26. The van der Waals surface area contributed by atoms with Crippen LogP contribution in [0.15, 0.2) is 66.9 Å². The van der Waals surface area contributed by atoms with Crippen LogP contribution in [0.2, 0.25) is 0 Å². The number of hydrogen-bond acceptors (Lipinski definition) is 1. The van der Waals surface area contributed by atoms with Gasteiger partial charge >= 0.3 is 0 Å². The Morgan fingerprint density at radius 1 is 0.762 bits per heavy atom. The molecule has 0 fully saturated rings. The van der Waals surface area contributed by atoms with Gasteiger partial charge in [-0.1, -0.05) is 66.8 Å². The Balaban J connectivity index is 2.19. The van der Waals surface area contributed by atoms with Gasteiger partial charge in [-0.25, -0.2) is 0 Å². The molecular weight excluding hydrogens is 254 g/mol. The Labute approximate surface area is 126 Å². The third-order valence-electron chi connectivity index (χ3n) is 3.59. The van der Waals surface area contributed by atoms with Crippen LogP contribution in [0.5, 0.6) is 0 Å². The van der Waals surface area contributed by atoms with Crippen molar-refractivity contribution in [3.63, 3.8) is 0 Å². The highest BCUT2D eigenvalue weighted by molar-refractivity contribution is 5.94. The van der Waals surface area contributed by atoms with Gasteiger partial charge < -0.3 is 4.90 Å². The van der Waals surface area contributed by atoms with Gasteiger partial charge in [0.1, 0.15) is 0 Å². The molecule has 0 amide bonds. The average Bonchev–Trinajstić information content (AvgIpc) is 2.65. The highest BCUT2D eigenvalue weighted by Crippen LogP contribution is 2.33. The Kier molecular flexibility index (Phi) is 3.74. The zero-order valence-electron chi connectivity index (χ0n) is 12.5. The molecule has 0 unspecified atom stereocenters. The predicted octanol–water partition coefficient (Wildman–Crippen LogP) is 4.68. The van der Waals surface area contributed by atoms with Crippen LogP contribution in [-0.4, -0.2) is 19.0 Å². The molecule has 0 bridgehead atoms. The molecule has 0 heterocycles. The van der Waals surface area contributed by atoms with Crippen LogP contribution in [0.1, 0.15) is 22.3 Å². The van der Waals surface area contributed by atoms with Crippen molar-refractivity contribution in [1.29, 1.82) is 0 Å². The average molecular weight is 273 g/mol. The maximum atomic E-state index is 2.20. The fourth-order valence-electron chi connectivity index (χ4n) is 2.59. The van der Waals surface area contributed by atoms with Gasteiger partial charge in [0.25, 0.3) is 0 Å². The van der Waals surface area contributed by atoms with Crippen molar-refractivity contribution in [3.05, 3.63) is 89.1 Å². The lowest BCUT2D eigenvalue weighted by Crippen LogP contribution is -1.99. The highest BCUT2D eigenvalue weighted by atomic mass is 15.0. The second-order valence-electron chi connectivity index (χ2n) is 5.39. The monoisotopic (exact) mass is 273 g/mol. The zero-order chi connectivity index (χ0) is 14.7. The summed E-state index contributed by atoms with van der Waals surface area (Å²) in [5.41, 5.74) is 6.35. The lowest BCUT2D eigenvalue weighted by Gasteiger charge is -2.11. The lowest BCUT2D eigenvalue weighted by molar-refractivity contribution is 0.564. The molecule has 0 spiro atoms. The van der Waals surface area contributed by atoms with E-state index in [1.165, 1.54) is 27.8 Å². The molecule has 21 heavy (non-hydrogen) atoms. The molecule has 1 aliphatic rings. The van der Waals surface area contributed by atoms with E-state index in [0.717, 1.165) is 0 Å². The van der Waals surface area contributed by atoms with Crippen molar-refractivity contribution in [2.75, 3.05) is 14.1 Å². The summed E-state index contributed by atoms with van der Waals surface area (Å²) in [7, 11) is 4.07. The van der Waals surface area contributed by atoms with E-state index in [1.807, 2.05) is 19.0 Å². The number of benzene rings is 2. The number of nitrogens with zero attached hydrogens (tertiary/aromatic N) is 1. The molecule has 1 aliphatic carbocycles. The van der Waals surface area contributed by atoms with Crippen molar-refractivity contribution >= 4 is 17.7 Å². The number of allylic oxidation sites excluding steroid dienone is 2. The Hall–Kier alpha value is -2.54. The largest absolute Gasteiger partial charge is 0.383 e. The normalized spacial score (nSPS) is 12.8. The molecule has 3 rings (SSSR count). The van der Waals surface area contributed by atoms with E-state index in [4.69, 9.17) is 0 Å². The van der Waals surface area contributed by atoms with E-state index >= 15 is 0 Å². The van der Waals surface area contributed by atoms with Gasteiger partial charge in [0.2, 0.25) is 0 Å².